The third kappa shape index (κ3) is 7.92. The lowest BCUT2D eigenvalue weighted by atomic mass is 10.2. The summed E-state index contributed by atoms with van der Waals surface area (Å²) in [6.45, 7) is -0.489. The Morgan fingerprint density at radius 2 is 1.65 bits per heavy atom. The van der Waals surface area contributed by atoms with E-state index in [2.05, 4.69) is 26.5 Å². The number of nitrogens with zero attached hydrogens (tertiary/aromatic N) is 3. The molecule has 0 aliphatic carbocycles. The summed E-state index contributed by atoms with van der Waals surface area (Å²) in [6.07, 6.45) is 1.33. The molecular weight excluding hydrogens is 684 g/mol. The van der Waals surface area contributed by atoms with Gasteiger partial charge in [0, 0.05) is 12.1 Å². The number of carbonyl (C=O) groups excluding carboxylic acids is 1. The molecular formula is C31H29BrN4O9S. The number of nitro benzene ring substituents is 1. The first-order valence-electron chi connectivity index (χ1n) is 13.4. The Hall–Kier alpha value is -5.15. The van der Waals surface area contributed by atoms with Gasteiger partial charge in [0.2, 0.25) is 0 Å². The van der Waals surface area contributed by atoms with Gasteiger partial charge in [-0.2, -0.15) is 5.10 Å². The fourth-order valence-corrected chi connectivity index (χ4v) is 6.43. The van der Waals surface area contributed by atoms with Crippen LogP contribution < -0.4 is 28.7 Å². The fourth-order valence-electron chi connectivity index (χ4n) is 4.26. The first-order valence-corrected chi connectivity index (χ1v) is 15.7. The molecule has 15 heteroatoms. The average Bonchev–Trinajstić information content (AvgIpc) is 3.06. The maximum Gasteiger partial charge on any atom is 0.289 e. The molecule has 0 radical (unpaired) electrons. The Balaban J connectivity index is 1.59. The van der Waals surface area contributed by atoms with Crippen LogP contribution in [0.5, 0.6) is 23.0 Å². The summed E-state index contributed by atoms with van der Waals surface area (Å²) in [4.78, 5) is 23.4. The van der Waals surface area contributed by atoms with Crippen molar-refractivity contribution in [1.29, 1.82) is 0 Å². The highest BCUT2D eigenvalue weighted by Gasteiger charge is 2.34. The maximum absolute atomic E-state index is 13.9. The molecule has 0 bridgehead atoms. The largest absolute Gasteiger partial charge is 0.497 e. The molecule has 0 unspecified atom stereocenters. The molecule has 0 aliphatic heterocycles. The normalized spacial score (nSPS) is 11.1. The van der Waals surface area contributed by atoms with Crippen LogP contribution >= 0.6 is 15.9 Å². The van der Waals surface area contributed by atoms with Gasteiger partial charge >= 0.3 is 0 Å². The molecule has 0 heterocycles. The topological polar surface area (TPSA) is 159 Å². The van der Waals surface area contributed by atoms with E-state index in [1.165, 1.54) is 57.9 Å². The van der Waals surface area contributed by atoms with E-state index < -0.39 is 38.0 Å². The SMILES string of the molecule is COc1ccc(N(CC(=O)N/N=C\c2cc(Br)c(OCc3ccccc3)c(OC)c2)S(=O)(=O)c2ccccc2[N+](=O)[O-])c(OC)c1. The predicted molar refractivity (Wildman–Crippen MR) is 174 cm³/mol. The highest BCUT2D eigenvalue weighted by molar-refractivity contribution is 9.10. The van der Waals surface area contributed by atoms with Gasteiger partial charge in [0.15, 0.2) is 16.4 Å². The number of hydrazone groups is 1. The van der Waals surface area contributed by atoms with E-state index in [0.29, 0.717) is 38.2 Å². The lowest BCUT2D eigenvalue weighted by Crippen LogP contribution is -2.40. The second kappa shape index (κ2) is 15.2. The van der Waals surface area contributed by atoms with Crippen LogP contribution in [0.4, 0.5) is 11.4 Å². The van der Waals surface area contributed by atoms with Crippen molar-refractivity contribution in [3.8, 4) is 23.0 Å². The van der Waals surface area contributed by atoms with Gasteiger partial charge in [0.05, 0.1) is 42.6 Å². The van der Waals surface area contributed by atoms with Crippen molar-refractivity contribution in [3.05, 3.63) is 111 Å². The number of amides is 1. The lowest BCUT2D eigenvalue weighted by molar-refractivity contribution is -0.387. The number of anilines is 1. The summed E-state index contributed by atoms with van der Waals surface area (Å²) < 4.78 is 51.0. The molecule has 0 spiro atoms. The van der Waals surface area contributed by atoms with Crippen molar-refractivity contribution < 1.29 is 37.1 Å². The van der Waals surface area contributed by atoms with Crippen LogP contribution in [0, 0.1) is 10.1 Å². The Kier molecular flexibility index (Phi) is 11.2. The number of nitro groups is 1. The number of para-hydroxylation sites is 1. The summed E-state index contributed by atoms with van der Waals surface area (Å²) in [6, 6.07) is 22.0. The molecule has 0 fully saturated rings. The van der Waals surface area contributed by atoms with Gasteiger partial charge in [-0.3, -0.25) is 19.2 Å². The first kappa shape index (κ1) is 33.7. The predicted octanol–water partition coefficient (Wildman–Crippen LogP) is 5.31. The molecule has 1 amide bonds. The third-order valence-corrected chi connectivity index (χ3v) is 8.85. The summed E-state index contributed by atoms with van der Waals surface area (Å²) in [5, 5.41) is 15.7. The van der Waals surface area contributed by atoms with Gasteiger partial charge in [-0.05, 0) is 57.4 Å². The zero-order valence-corrected chi connectivity index (χ0v) is 27.3. The summed E-state index contributed by atoms with van der Waals surface area (Å²) in [5.74, 6) is 0.438. The lowest BCUT2D eigenvalue weighted by Gasteiger charge is -2.25. The number of hydrogen-bond acceptors (Lipinski definition) is 10. The number of sulfonamides is 1. The Morgan fingerprint density at radius 1 is 0.957 bits per heavy atom. The zero-order valence-electron chi connectivity index (χ0n) is 24.9. The highest BCUT2D eigenvalue weighted by atomic mass is 79.9. The van der Waals surface area contributed by atoms with E-state index >= 15 is 0 Å². The van der Waals surface area contributed by atoms with Crippen molar-refractivity contribution in [2.45, 2.75) is 11.5 Å². The molecule has 0 aliphatic rings. The van der Waals surface area contributed by atoms with Crippen LogP contribution in [0.25, 0.3) is 0 Å². The van der Waals surface area contributed by atoms with Crippen LogP contribution in [0.3, 0.4) is 0 Å². The molecule has 4 rings (SSSR count). The van der Waals surface area contributed by atoms with E-state index in [-0.39, 0.29) is 11.4 Å². The second-order valence-corrected chi connectivity index (χ2v) is 12.1. The molecule has 0 saturated heterocycles. The van der Waals surface area contributed by atoms with Crippen LogP contribution in [0.15, 0.2) is 99.4 Å². The van der Waals surface area contributed by atoms with Gasteiger partial charge in [-0.25, -0.2) is 13.8 Å². The van der Waals surface area contributed by atoms with Crippen molar-refractivity contribution >= 4 is 49.4 Å². The van der Waals surface area contributed by atoms with E-state index in [1.54, 1.807) is 12.1 Å². The quantitative estimate of drug-likeness (QED) is 0.104. The van der Waals surface area contributed by atoms with Crippen molar-refractivity contribution in [3.63, 3.8) is 0 Å². The third-order valence-electron chi connectivity index (χ3n) is 6.45. The number of hydrogen-bond donors (Lipinski definition) is 1. The van der Waals surface area contributed by atoms with E-state index in [4.69, 9.17) is 18.9 Å². The van der Waals surface area contributed by atoms with E-state index in [9.17, 15) is 23.3 Å². The van der Waals surface area contributed by atoms with Crippen LogP contribution in [0.1, 0.15) is 11.1 Å². The smallest absolute Gasteiger partial charge is 0.289 e. The summed E-state index contributed by atoms with van der Waals surface area (Å²) in [7, 11) is -0.466. The number of methoxy groups -OCH3 is 3. The molecule has 46 heavy (non-hydrogen) atoms. The number of halogens is 1. The van der Waals surface area contributed by atoms with Crippen LogP contribution in [0.2, 0.25) is 0 Å². The van der Waals surface area contributed by atoms with Gasteiger partial charge in [0.1, 0.15) is 24.7 Å². The number of benzene rings is 4. The number of ether oxygens (including phenoxy) is 4. The number of nitrogens with one attached hydrogen (secondary N) is 1. The maximum atomic E-state index is 13.9. The van der Waals surface area contributed by atoms with E-state index in [1.807, 2.05) is 30.3 Å². The van der Waals surface area contributed by atoms with Gasteiger partial charge in [0.25, 0.3) is 21.6 Å². The first-order chi connectivity index (χ1) is 22.1. The number of rotatable bonds is 14. The molecule has 4 aromatic carbocycles. The molecule has 0 saturated carbocycles. The molecule has 4 aromatic rings. The van der Waals surface area contributed by atoms with Crippen molar-refractivity contribution in [1.82, 2.24) is 5.43 Å². The summed E-state index contributed by atoms with van der Waals surface area (Å²) >= 11 is 3.48. The van der Waals surface area contributed by atoms with E-state index in [0.717, 1.165) is 17.7 Å². The second-order valence-electron chi connectivity index (χ2n) is 9.38. The van der Waals surface area contributed by atoms with Crippen LogP contribution in [-0.2, 0) is 21.4 Å². The Labute approximate surface area is 273 Å². The average molecular weight is 714 g/mol. The Morgan fingerprint density at radius 3 is 2.33 bits per heavy atom. The minimum atomic E-state index is -4.68. The Bertz CT molecular complexity index is 1850. The van der Waals surface area contributed by atoms with Gasteiger partial charge in [-0.1, -0.05) is 42.5 Å². The van der Waals surface area contributed by atoms with Crippen molar-refractivity contribution in [2.75, 3.05) is 32.2 Å². The molecule has 240 valence electrons. The van der Waals surface area contributed by atoms with Gasteiger partial charge in [-0.15, -0.1) is 0 Å². The van der Waals surface area contributed by atoms with Crippen molar-refractivity contribution in [2.24, 2.45) is 5.10 Å². The highest BCUT2D eigenvalue weighted by Crippen LogP contribution is 2.38. The zero-order chi connectivity index (χ0) is 33.3. The summed E-state index contributed by atoms with van der Waals surface area (Å²) in [5.41, 5.74) is 3.09. The number of carbonyl (C=O) groups is 1. The van der Waals surface area contributed by atoms with Gasteiger partial charge < -0.3 is 18.9 Å². The monoisotopic (exact) mass is 712 g/mol. The molecule has 0 aromatic heterocycles. The molecule has 13 nitrogen and oxygen atoms in total. The minimum absolute atomic E-state index is 0.0457. The van der Waals surface area contributed by atoms with Crippen LogP contribution in [-0.4, -0.2) is 53.3 Å². The molecule has 0 atom stereocenters. The fraction of sp³-hybridized carbons (Fsp3) is 0.161. The minimum Gasteiger partial charge on any atom is -0.497 e. The molecule has 1 N–H and O–H groups in total. The standard InChI is InChI=1S/C31H29BrN4O9S/c1-42-23-13-14-25(27(17-23)43-2)35(46(40,41)29-12-8-7-11-26(29)36(38)39)19-30(37)34-33-18-22-15-24(32)31(28(16-22)44-3)45-20-21-9-5-4-6-10-21/h4-18H,19-20H2,1-3H3,(H,34,37)/b33-18-.